The van der Waals surface area contributed by atoms with E-state index in [2.05, 4.69) is 36.9 Å². The van der Waals surface area contributed by atoms with Crippen LogP contribution in [0.15, 0.2) is 33.7 Å². The standard InChI is InChI=1S/C17H27BrN4O3S.HI/c1-4-19-17(22-13(2)9-12-26(3,24)25)21-11-10-20-16(23)14-5-7-15(18)8-6-14;/h5-8,13H,4,9-12H2,1-3H3,(H,20,23)(H2,19,21,22);1H. The smallest absolute Gasteiger partial charge is 0.251 e. The van der Waals surface area contributed by atoms with Gasteiger partial charge in [-0.05, 0) is 44.5 Å². The molecule has 1 amide bonds. The van der Waals surface area contributed by atoms with E-state index in [1.165, 1.54) is 6.26 Å². The Bertz CT molecular complexity index is 711. The van der Waals surface area contributed by atoms with E-state index in [1.807, 2.05) is 26.0 Å². The van der Waals surface area contributed by atoms with Crippen molar-refractivity contribution in [2.45, 2.75) is 26.3 Å². The van der Waals surface area contributed by atoms with Gasteiger partial charge in [-0.3, -0.25) is 9.79 Å². The summed E-state index contributed by atoms with van der Waals surface area (Å²) < 4.78 is 23.4. The molecular formula is C17H28BrIN4O3S. The summed E-state index contributed by atoms with van der Waals surface area (Å²) in [7, 11) is -2.98. The molecule has 1 aromatic carbocycles. The number of sulfone groups is 1. The van der Waals surface area contributed by atoms with Gasteiger partial charge in [0.15, 0.2) is 5.96 Å². The second-order valence-electron chi connectivity index (χ2n) is 5.99. The molecule has 7 nitrogen and oxygen atoms in total. The number of benzene rings is 1. The van der Waals surface area contributed by atoms with Crippen LogP contribution < -0.4 is 16.0 Å². The molecule has 1 unspecified atom stereocenters. The fourth-order valence-electron chi connectivity index (χ4n) is 2.06. The minimum absolute atomic E-state index is 0. The van der Waals surface area contributed by atoms with Crippen molar-refractivity contribution in [1.82, 2.24) is 16.0 Å². The Kier molecular flexibility index (Phi) is 12.9. The van der Waals surface area contributed by atoms with Crippen molar-refractivity contribution in [3.63, 3.8) is 0 Å². The van der Waals surface area contributed by atoms with Gasteiger partial charge in [0, 0.05) is 35.4 Å². The molecule has 1 atom stereocenters. The zero-order valence-corrected chi connectivity index (χ0v) is 20.5. The van der Waals surface area contributed by atoms with E-state index in [0.717, 1.165) is 4.47 Å². The molecule has 0 saturated heterocycles. The van der Waals surface area contributed by atoms with E-state index < -0.39 is 9.84 Å². The number of guanidine groups is 1. The lowest BCUT2D eigenvalue weighted by molar-refractivity contribution is 0.0954. The number of hydrogen-bond acceptors (Lipinski definition) is 4. The summed E-state index contributed by atoms with van der Waals surface area (Å²) in [5, 5.41) is 9.10. The van der Waals surface area contributed by atoms with Gasteiger partial charge in [0.2, 0.25) is 0 Å². The Morgan fingerprint density at radius 3 is 2.41 bits per heavy atom. The normalized spacial score (nSPS) is 12.7. The van der Waals surface area contributed by atoms with Crippen LogP contribution in [0.1, 0.15) is 30.6 Å². The van der Waals surface area contributed by atoms with Crippen LogP contribution in [0.2, 0.25) is 0 Å². The first-order chi connectivity index (χ1) is 12.2. The first kappa shape index (κ1) is 26.1. The number of nitrogens with one attached hydrogen (secondary N) is 3. The van der Waals surface area contributed by atoms with Gasteiger partial charge in [0.25, 0.3) is 5.91 Å². The largest absolute Gasteiger partial charge is 0.357 e. The molecule has 27 heavy (non-hydrogen) atoms. The van der Waals surface area contributed by atoms with Gasteiger partial charge in [-0.25, -0.2) is 8.42 Å². The first-order valence-electron chi connectivity index (χ1n) is 8.47. The van der Waals surface area contributed by atoms with Crippen molar-refractivity contribution in [2.75, 3.05) is 31.6 Å². The van der Waals surface area contributed by atoms with Crippen LogP contribution in [-0.4, -0.2) is 58.0 Å². The highest BCUT2D eigenvalue weighted by Gasteiger charge is 2.09. The molecule has 0 radical (unpaired) electrons. The third kappa shape index (κ3) is 12.2. The van der Waals surface area contributed by atoms with Crippen molar-refractivity contribution >= 4 is 61.6 Å². The third-order valence-electron chi connectivity index (χ3n) is 3.42. The van der Waals surface area contributed by atoms with Crippen molar-refractivity contribution in [3.05, 3.63) is 34.3 Å². The molecule has 0 heterocycles. The number of carbonyl (C=O) groups excluding carboxylic acids is 1. The topological polar surface area (TPSA) is 99.7 Å². The van der Waals surface area contributed by atoms with Gasteiger partial charge >= 0.3 is 0 Å². The molecule has 1 aromatic rings. The van der Waals surface area contributed by atoms with E-state index in [-0.39, 0.29) is 41.7 Å². The van der Waals surface area contributed by atoms with E-state index in [0.29, 0.717) is 37.6 Å². The second-order valence-corrected chi connectivity index (χ2v) is 9.16. The summed E-state index contributed by atoms with van der Waals surface area (Å²) >= 11 is 3.33. The van der Waals surface area contributed by atoms with Crippen LogP contribution in [0.3, 0.4) is 0 Å². The summed E-state index contributed by atoms with van der Waals surface area (Å²) in [6, 6.07) is 7.10. The third-order valence-corrected chi connectivity index (χ3v) is 4.93. The molecule has 0 fully saturated rings. The summed E-state index contributed by atoms with van der Waals surface area (Å²) in [6.07, 6.45) is 1.73. The van der Waals surface area contributed by atoms with Crippen LogP contribution in [-0.2, 0) is 9.84 Å². The Labute approximate surface area is 187 Å². The van der Waals surface area contributed by atoms with E-state index in [9.17, 15) is 13.2 Å². The monoisotopic (exact) mass is 574 g/mol. The van der Waals surface area contributed by atoms with Crippen molar-refractivity contribution < 1.29 is 13.2 Å². The number of carbonyl (C=O) groups is 1. The molecule has 0 aliphatic carbocycles. The maximum Gasteiger partial charge on any atom is 0.251 e. The number of halogens is 2. The van der Waals surface area contributed by atoms with Crippen LogP contribution in [0.5, 0.6) is 0 Å². The zero-order chi connectivity index (χ0) is 19.6. The highest BCUT2D eigenvalue weighted by molar-refractivity contribution is 14.0. The molecule has 0 aromatic heterocycles. The first-order valence-corrected chi connectivity index (χ1v) is 11.3. The predicted octanol–water partition coefficient (Wildman–Crippen LogP) is 2.18. The van der Waals surface area contributed by atoms with Gasteiger partial charge in [-0.2, -0.15) is 0 Å². The molecule has 0 spiro atoms. The number of aliphatic imine (C=N–C) groups is 1. The van der Waals surface area contributed by atoms with Crippen molar-refractivity contribution in [1.29, 1.82) is 0 Å². The number of rotatable bonds is 9. The summed E-state index contributed by atoms with van der Waals surface area (Å²) in [4.78, 5) is 16.4. The lowest BCUT2D eigenvalue weighted by Crippen LogP contribution is -2.43. The molecule has 0 aliphatic rings. The Morgan fingerprint density at radius 2 is 1.85 bits per heavy atom. The summed E-state index contributed by atoms with van der Waals surface area (Å²) in [5.41, 5.74) is 0.594. The van der Waals surface area contributed by atoms with E-state index in [4.69, 9.17) is 0 Å². The molecule has 154 valence electrons. The highest BCUT2D eigenvalue weighted by atomic mass is 127. The molecule has 10 heteroatoms. The predicted molar refractivity (Wildman–Crippen MR) is 125 cm³/mol. The Hall–Kier alpha value is -0.880. The minimum Gasteiger partial charge on any atom is -0.357 e. The van der Waals surface area contributed by atoms with Crippen LogP contribution in [0.25, 0.3) is 0 Å². The zero-order valence-electron chi connectivity index (χ0n) is 15.8. The van der Waals surface area contributed by atoms with Gasteiger partial charge in [0.05, 0.1) is 12.3 Å². The lowest BCUT2D eigenvalue weighted by Gasteiger charge is -2.17. The Morgan fingerprint density at radius 1 is 1.22 bits per heavy atom. The SMILES string of the molecule is CCNC(=NCCNC(=O)c1ccc(Br)cc1)NC(C)CCS(C)(=O)=O.I. The molecule has 3 N–H and O–H groups in total. The van der Waals surface area contributed by atoms with Crippen LogP contribution in [0, 0.1) is 0 Å². The van der Waals surface area contributed by atoms with Gasteiger partial charge < -0.3 is 16.0 Å². The lowest BCUT2D eigenvalue weighted by atomic mass is 10.2. The van der Waals surface area contributed by atoms with E-state index in [1.54, 1.807) is 12.1 Å². The fraction of sp³-hybridized carbons (Fsp3) is 0.529. The van der Waals surface area contributed by atoms with Gasteiger partial charge in [-0.15, -0.1) is 24.0 Å². The molecule has 0 saturated carbocycles. The average molecular weight is 575 g/mol. The summed E-state index contributed by atoms with van der Waals surface area (Å²) in [5.74, 6) is 0.586. The van der Waals surface area contributed by atoms with Crippen LogP contribution in [0.4, 0.5) is 0 Å². The molecule has 1 rings (SSSR count). The summed E-state index contributed by atoms with van der Waals surface area (Å²) in [6.45, 7) is 5.37. The average Bonchev–Trinajstić information content (AvgIpc) is 2.57. The Balaban J connectivity index is 0.00000676. The number of hydrogen-bond donors (Lipinski definition) is 3. The van der Waals surface area contributed by atoms with Crippen molar-refractivity contribution in [3.8, 4) is 0 Å². The molecule has 0 bridgehead atoms. The van der Waals surface area contributed by atoms with Crippen molar-refractivity contribution in [2.24, 2.45) is 4.99 Å². The number of amides is 1. The molecule has 0 aliphatic heterocycles. The maximum absolute atomic E-state index is 12.0. The van der Waals surface area contributed by atoms with Gasteiger partial charge in [-0.1, -0.05) is 15.9 Å². The minimum atomic E-state index is -2.98. The highest BCUT2D eigenvalue weighted by Crippen LogP contribution is 2.10. The maximum atomic E-state index is 12.0. The number of nitrogens with zero attached hydrogens (tertiary/aromatic N) is 1. The van der Waals surface area contributed by atoms with Gasteiger partial charge in [0.1, 0.15) is 9.84 Å². The van der Waals surface area contributed by atoms with E-state index >= 15 is 0 Å². The van der Waals surface area contributed by atoms with Crippen LogP contribution >= 0.6 is 39.9 Å². The molecular weight excluding hydrogens is 547 g/mol. The quantitative estimate of drug-likeness (QED) is 0.182. The fourth-order valence-corrected chi connectivity index (χ4v) is 3.10. The second kappa shape index (κ2) is 13.3.